The van der Waals surface area contributed by atoms with E-state index in [1.165, 1.54) is 12.1 Å². The standard InChI is InChI=1S/C17H26FN3O3S/c1-11(20-25(23)17(2,3)4)14-9-12(18)5-6-15(14)21-8-7-13(21)10-24-16(19)22/h5-6,9,11,13,20H,7-8,10H2,1-4H3,(H2,19,22)/t11-,13?,25?/m1/s1. The highest BCUT2D eigenvalue weighted by Crippen LogP contribution is 2.34. The van der Waals surface area contributed by atoms with Crippen molar-refractivity contribution in [3.8, 4) is 0 Å². The van der Waals surface area contributed by atoms with Crippen LogP contribution in [0.4, 0.5) is 14.9 Å². The van der Waals surface area contributed by atoms with Crippen molar-refractivity contribution >= 4 is 23.1 Å². The lowest BCUT2D eigenvalue weighted by Gasteiger charge is -2.43. The zero-order valence-electron chi connectivity index (χ0n) is 15.0. The number of amides is 1. The van der Waals surface area contributed by atoms with Crippen LogP contribution in [0.2, 0.25) is 0 Å². The van der Waals surface area contributed by atoms with Crippen LogP contribution in [0, 0.1) is 5.82 Å². The molecule has 0 aromatic heterocycles. The molecular weight excluding hydrogens is 345 g/mol. The number of primary amides is 1. The summed E-state index contributed by atoms with van der Waals surface area (Å²) in [5.41, 5.74) is 6.59. The minimum atomic E-state index is -1.28. The van der Waals surface area contributed by atoms with Crippen molar-refractivity contribution in [2.45, 2.75) is 50.9 Å². The molecule has 1 aromatic rings. The van der Waals surface area contributed by atoms with E-state index in [0.29, 0.717) is 0 Å². The topological polar surface area (TPSA) is 90.7 Å². The third-order valence-corrected chi connectivity index (χ3v) is 5.85. The molecule has 0 aliphatic carbocycles. The highest BCUT2D eigenvalue weighted by molar-refractivity contribution is 7.90. The van der Waals surface area contributed by atoms with Crippen LogP contribution in [0.3, 0.4) is 0 Å². The first-order valence-corrected chi connectivity index (χ1v) is 9.41. The number of rotatable bonds is 6. The average molecular weight is 371 g/mol. The number of ether oxygens (including phenoxy) is 1. The van der Waals surface area contributed by atoms with Gasteiger partial charge in [0.1, 0.15) is 17.2 Å². The van der Waals surface area contributed by atoms with E-state index < -0.39 is 22.2 Å². The van der Waals surface area contributed by atoms with Crippen LogP contribution in [0.25, 0.3) is 0 Å². The van der Waals surface area contributed by atoms with Gasteiger partial charge in [0.15, 0.2) is 0 Å². The van der Waals surface area contributed by atoms with Gasteiger partial charge in [0, 0.05) is 23.6 Å². The fourth-order valence-electron chi connectivity index (χ4n) is 2.64. The Morgan fingerprint density at radius 2 is 2.24 bits per heavy atom. The number of hydrogen-bond donors (Lipinski definition) is 2. The lowest BCUT2D eigenvalue weighted by molar-refractivity contribution is 0.138. The van der Waals surface area contributed by atoms with Gasteiger partial charge in [0.05, 0.1) is 12.1 Å². The molecule has 25 heavy (non-hydrogen) atoms. The summed E-state index contributed by atoms with van der Waals surface area (Å²) in [4.78, 5) is 12.9. The highest BCUT2D eigenvalue weighted by atomic mass is 32.2. The first-order valence-electron chi connectivity index (χ1n) is 8.26. The van der Waals surface area contributed by atoms with Crippen LogP contribution in [-0.2, 0) is 16.1 Å². The van der Waals surface area contributed by atoms with E-state index in [1.807, 2.05) is 27.7 Å². The Balaban J connectivity index is 2.18. The van der Waals surface area contributed by atoms with Gasteiger partial charge in [-0.15, -0.1) is 4.72 Å². The van der Waals surface area contributed by atoms with Crippen LogP contribution in [0.15, 0.2) is 18.2 Å². The maximum Gasteiger partial charge on any atom is 0.404 e. The van der Waals surface area contributed by atoms with Gasteiger partial charge in [-0.1, -0.05) is 0 Å². The summed E-state index contributed by atoms with van der Waals surface area (Å²) in [6.07, 6.45) is 0.0570. The van der Waals surface area contributed by atoms with E-state index in [4.69, 9.17) is 10.5 Å². The number of carbonyl (C=O) groups is 1. The van der Waals surface area contributed by atoms with Gasteiger partial charge in [-0.2, -0.15) is 0 Å². The Kier molecular flexibility index (Phi) is 6.18. The predicted molar refractivity (Wildman–Crippen MR) is 97.1 cm³/mol. The third kappa shape index (κ3) is 4.99. The summed E-state index contributed by atoms with van der Waals surface area (Å²) < 4.78 is 33.7. The van der Waals surface area contributed by atoms with Gasteiger partial charge in [0.2, 0.25) is 0 Å². The maximum atomic E-state index is 13.8. The Bertz CT molecular complexity index is 624. The number of benzene rings is 1. The molecule has 3 N–H and O–H groups in total. The summed E-state index contributed by atoms with van der Waals surface area (Å²) in [5.74, 6) is -0.348. The molecule has 3 atom stereocenters. The third-order valence-electron chi connectivity index (χ3n) is 4.17. The number of nitrogens with two attached hydrogens (primary N) is 1. The number of nitrogens with zero attached hydrogens (tertiary/aromatic N) is 1. The van der Waals surface area contributed by atoms with E-state index >= 15 is 0 Å². The molecule has 1 heterocycles. The fourth-order valence-corrected chi connectivity index (χ4v) is 3.45. The fraction of sp³-hybridized carbons (Fsp3) is 0.588. The first-order chi connectivity index (χ1) is 11.6. The zero-order valence-corrected chi connectivity index (χ0v) is 15.9. The second-order valence-corrected chi connectivity index (χ2v) is 9.19. The highest BCUT2D eigenvalue weighted by Gasteiger charge is 2.33. The molecule has 0 bridgehead atoms. The normalized spacial score (nSPS) is 19.9. The summed E-state index contributed by atoms with van der Waals surface area (Å²) in [7, 11) is 0. The lowest BCUT2D eigenvalue weighted by Crippen LogP contribution is -2.51. The predicted octanol–water partition coefficient (Wildman–Crippen LogP) is 2.61. The minimum Gasteiger partial charge on any atom is -0.598 e. The molecule has 1 aromatic carbocycles. The van der Waals surface area contributed by atoms with Crippen molar-refractivity contribution in [2.75, 3.05) is 18.1 Å². The second-order valence-electron chi connectivity index (χ2n) is 7.19. The van der Waals surface area contributed by atoms with Gasteiger partial charge in [-0.25, -0.2) is 9.18 Å². The molecule has 0 saturated carbocycles. The molecule has 6 nitrogen and oxygen atoms in total. The van der Waals surface area contributed by atoms with E-state index in [2.05, 4.69) is 9.62 Å². The van der Waals surface area contributed by atoms with Crippen molar-refractivity contribution in [2.24, 2.45) is 5.73 Å². The summed E-state index contributed by atoms with van der Waals surface area (Å²) in [6.45, 7) is 8.46. The van der Waals surface area contributed by atoms with Gasteiger partial charge in [-0.3, -0.25) is 0 Å². The minimum absolute atomic E-state index is 0.0111. The molecule has 1 fully saturated rings. The molecule has 0 radical (unpaired) electrons. The molecule has 8 heteroatoms. The van der Waals surface area contributed by atoms with Gasteiger partial charge >= 0.3 is 6.09 Å². The first kappa shape index (κ1) is 19.8. The molecule has 1 aliphatic rings. The SMILES string of the molecule is C[C@@H](N[S+]([O-])C(C)(C)C)c1cc(F)ccc1N1CCC1COC(N)=O. The van der Waals surface area contributed by atoms with Crippen molar-refractivity contribution in [1.29, 1.82) is 0 Å². The van der Waals surface area contributed by atoms with Crippen molar-refractivity contribution in [3.63, 3.8) is 0 Å². The van der Waals surface area contributed by atoms with Crippen molar-refractivity contribution in [1.82, 2.24) is 4.72 Å². The van der Waals surface area contributed by atoms with Gasteiger partial charge in [0.25, 0.3) is 0 Å². The van der Waals surface area contributed by atoms with E-state index in [9.17, 15) is 13.7 Å². The molecule has 0 spiro atoms. The number of halogens is 1. The van der Waals surface area contributed by atoms with Crippen LogP contribution >= 0.6 is 0 Å². The smallest absolute Gasteiger partial charge is 0.404 e. The van der Waals surface area contributed by atoms with E-state index in [-0.39, 0.29) is 24.5 Å². The summed E-state index contributed by atoms with van der Waals surface area (Å²) in [5, 5.41) is 0. The lowest BCUT2D eigenvalue weighted by atomic mass is 9.98. The summed E-state index contributed by atoms with van der Waals surface area (Å²) >= 11 is -1.28. The Morgan fingerprint density at radius 1 is 1.56 bits per heavy atom. The van der Waals surface area contributed by atoms with Gasteiger partial charge in [-0.05, 0) is 57.9 Å². The van der Waals surface area contributed by atoms with E-state index in [1.54, 1.807) is 6.07 Å². The van der Waals surface area contributed by atoms with E-state index in [0.717, 1.165) is 24.2 Å². The van der Waals surface area contributed by atoms with Crippen molar-refractivity contribution < 1.29 is 18.5 Å². The monoisotopic (exact) mass is 371 g/mol. The number of hydrogen-bond acceptors (Lipinski definition) is 5. The zero-order chi connectivity index (χ0) is 18.8. The van der Waals surface area contributed by atoms with Crippen molar-refractivity contribution in [3.05, 3.63) is 29.6 Å². The van der Waals surface area contributed by atoms with Crippen LogP contribution in [-0.4, -0.2) is 34.6 Å². The molecule has 2 unspecified atom stereocenters. The Morgan fingerprint density at radius 3 is 2.76 bits per heavy atom. The quantitative estimate of drug-likeness (QED) is 0.750. The van der Waals surface area contributed by atoms with Crippen LogP contribution in [0.1, 0.15) is 45.7 Å². The Labute approximate surface area is 151 Å². The number of carbonyl (C=O) groups excluding carboxylic acids is 1. The molecule has 140 valence electrons. The number of anilines is 1. The molecule has 1 amide bonds. The Hall–Kier alpha value is -1.51. The maximum absolute atomic E-state index is 13.8. The number of nitrogens with one attached hydrogen (secondary N) is 1. The molecule has 1 aliphatic heterocycles. The largest absolute Gasteiger partial charge is 0.598 e. The molecular formula is C17H26FN3O3S. The second kappa shape index (κ2) is 7.80. The van der Waals surface area contributed by atoms with Gasteiger partial charge < -0.3 is 19.9 Å². The molecule has 1 saturated heterocycles. The van der Waals surface area contributed by atoms with Crippen LogP contribution < -0.4 is 15.4 Å². The summed E-state index contributed by atoms with van der Waals surface area (Å²) in [6, 6.07) is 4.27. The van der Waals surface area contributed by atoms with Crippen LogP contribution in [0.5, 0.6) is 0 Å². The average Bonchev–Trinajstić information content (AvgIpc) is 2.46. The molecule has 2 rings (SSSR count).